The van der Waals surface area contributed by atoms with Crippen molar-refractivity contribution in [3.8, 4) is 0 Å². The molecule has 4 heteroatoms. The van der Waals surface area contributed by atoms with E-state index in [1.165, 1.54) is 5.56 Å². The van der Waals surface area contributed by atoms with Gasteiger partial charge in [-0.2, -0.15) is 0 Å². The zero-order chi connectivity index (χ0) is 14.8. The summed E-state index contributed by atoms with van der Waals surface area (Å²) in [6, 6.07) is 8.09. The van der Waals surface area contributed by atoms with Gasteiger partial charge in [-0.25, -0.2) is 0 Å². The second kappa shape index (κ2) is 5.65. The van der Waals surface area contributed by atoms with Crippen molar-refractivity contribution < 1.29 is 4.79 Å². The van der Waals surface area contributed by atoms with Gasteiger partial charge in [-0.3, -0.25) is 15.1 Å². The zero-order valence-corrected chi connectivity index (χ0v) is 12.7. The monoisotopic (exact) mass is 273 g/mol. The van der Waals surface area contributed by atoms with Gasteiger partial charge in [0, 0.05) is 6.54 Å². The van der Waals surface area contributed by atoms with Gasteiger partial charge < -0.3 is 5.32 Å². The number of benzene rings is 1. The Labute approximate surface area is 120 Å². The summed E-state index contributed by atoms with van der Waals surface area (Å²) in [6.07, 6.45) is 0.683. The molecule has 1 unspecified atom stereocenters. The molecule has 1 aromatic carbocycles. The molecule has 4 nitrogen and oxygen atoms in total. The molecule has 1 aliphatic rings. The molecule has 0 aliphatic carbocycles. The Bertz CT molecular complexity index is 519. The van der Waals surface area contributed by atoms with E-state index in [1.54, 1.807) is 0 Å². The molecule has 1 atom stereocenters. The Kier molecular flexibility index (Phi) is 4.12. The van der Waals surface area contributed by atoms with Crippen molar-refractivity contribution in [3.05, 3.63) is 35.4 Å². The normalized spacial score (nSPS) is 24.1. The second-order valence-electron chi connectivity index (χ2n) is 5.79. The zero-order valence-electron chi connectivity index (χ0n) is 12.7. The van der Waals surface area contributed by atoms with Crippen LogP contribution in [-0.2, 0) is 10.3 Å². The third-order valence-electron chi connectivity index (χ3n) is 3.64. The molecule has 1 heterocycles. The van der Waals surface area contributed by atoms with Gasteiger partial charge in [-0.15, -0.1) is 0 Å². The van der Waals surface area contributed by atoms with E-state index in [0.717, 1.165) is 5.56 Å². The Balaban J connectivity index is 2.29. The molecule has 0 spiro atoms. The van der Waals surface area contributed by atoms with Gasteiger partial charge in [0.05, 0.1) is 0 Å². The van der Waals surface area contributed by atoms with Crippen molar-refractivity contribution >= 4 is 11.9 Å². The number of nitrogens with zero attached hydrogens (tertiary/aromatic N) is 1. The number of hydrogen-bond acceptors (Lipinski definition) is 2. The van der Waals surface area contributed by atoms with Crippen LogP contribution in [0.4, 0.5) is 0 Å². The first kappa shape index (κ1) is 14.6. The number of carbonyl (C=O) groups excluding carboxylic acids is 1. The number of nitrogens with one attached hydrogen (secondary N) is 2. The van der Waals surface area contributed by atoms with Crippen LogP contribution >= 0.6 is 0 Å². The first-order valence-corrected chi connectivity index (χ1v) is 7.19. The molecule has 2 N–H and O–H groups in total. The number of aliphatic imine (C=N–C) groups is 1. The fourth-order valence-corrected chi connectivity index (χ4v) is 2.35. The highest BCUT2D eigenvalue weighted by atomic mass is 16.2. The Morgan fingerprint density at radius 2 is 1.90 bits per heavy atom. The average molecular weight is 273 g/mol. The molecule has 1 aliphatic heterocycles. The molecular weight excluding hydrogens is 250 g/mol. The van der Waals surface area contributed by atoms with E-state index < -0.39 is 5.54 Å². The first-order chi connectivity index (χ1) is 9.48. The van der Waals surface area contributed by atoms with Crippen LogP contribution in [0.1, 0.15) is 38.3 Å². The molecule has 1 amide bonds. The topological polar surface area (TPSA) is 53.5 Å². The third-order valence-corrected chi connectivity index (χ3v) is 3.64. The Hall–Kier alpha value is -1.84. The van der Waals surface area contributed by atoms with E-state index in [4.69, 9.17) is 0 Å². The van der Waals surface area contributed by atoms with Crippen LogP contribution in [0.5, 0.6) is 0 Å². The Morgan fingerprint density at radius 1 is 1.25 bits per heavy atom. The number of guanidine groups is 1. The van der Waals surface area contributed by atoms with Gasteiger partial charge in [-0.05, 0) is 24.8 Å². The van der Waals surface area contributed by atoms with Gasteiger partial charge in [0.25, 0.3) is 5.91 Å². The maximum absolute atomic E-state index is 12.4. The minimum atomic E-state index is -0.691. The summed E-state index contributed by atoms with van der Waals surface area (Å²) >= 11 is 0. The number of amides is 1. The van der Waals surface area contributed by atoms with Gasteiger partial charge in [0.1, 0.15) is 5.54 Å². The number of hydrogen-bond donors (Lipinski definition) is 2. The quantitative estimate of drug-likeness (QED) is 0.884. The van der Waals surface area contributed by atoms with Crippen LogP contribution in [0, 0.1) is 12.8 Å². The summed E-state index contributed by atoms with van der Waals surface area (Å²) in [5, 5.41) is 6.15. The van der Waals surface area contributed by atoms with Gasteiger partial charge >= 0.3 is 0 Å². The van der Waals surface area contributed by atoms with Gasteiger partial charge in [0.15, 0.2) is 5.96 Å². The summed E-state index contributed by atoms with van der Waals surface area (Å²) in [5.74, 6) is 1.04. The molecule has 0 radical (unpaired) electrons. The lowest BCUT2D eigenvalue weighted by Gasteiger charge is -2.25. The largest absolute Gasteiger partial charge is 0.338 e. The second-order valence-corrected chi connectivity index (χ2v) is 5.79. The molecule has 108 valence electrons. The molecule has 0 saturated carbocycles. The van der Waals surface area contributed by atoms with Crippen molar-refractivity contribution in [1.82, 2.24) is 10.6 Å². The van der Waals surface area contributed by atoms with Crippen molar-refractivity contribution in [2.45, 2.75) is 39.7 Å². The minimum absolute atomic E-state index is 0.0219. The predicted octanol–water partition coefficient (Wildman–Crippen LogP) is 2.33. The fraction of sp³-hybridized carbons (Fsp3) is 0.500. The lowest BCUT2D eigenvalue weighted by Crippen LogP contribution is -2.43. The first-order valence-electron chi connectivity index (χ1n) is 7.19. The molecule has 1 fully saturated rings. The van der Waals surface area contributed by atoms with E-state index in [1.807, 2.05) is 38.1 Å². The highest BCUT2D eigenvalue weighted by molar-refractivity contribution is 6.09. The van der Waals surface area contributed by atoms with Crippen LogP contribution in [0.15, 0.2) is 29.3 Å². The highest BCUT2D eigenvalue weighted by Gasteiger charge is 2.45. The van der Waals surface area contributed by atoms with Crippen molar-refractivity contribution in [2.75, 3.05) is 6.54 Å². The summed E-state index contributed by atoms with van der Waals surface area (Å²) < 4.78 is 0. The summed E-state index contributed by atoms with van der Waals surface area (Å²) in [6.45, 7) is 8.97. The maximum atomic E-state index is 12.4. The molecule has 1 saturated heterocycles. The molecule has 0 aromatic heterocycles. The summed E-state index contributed by atoms with van der Waals surface area (Å²) in [7, 11) is 0. The van der Waals surface area contributed by atoms with E-state index >= 15 is 0 Å². The van der Waals surface area contributed by atoms with Crippen LogP contribution < -0.4 is 10.6 Å². The van der Waals surface area contributed by atoms with E-state index in [2.05, 4.69) is 29.5 Å². The van der Waals surface area contributed by atoms with Gasteiger partial charge in [-0.1, -0.05) is 50.6 Å². The Morgan fingerprint density at radius 3 is 2.45 bits per heavy atom. The predicted molar refractivity (Wildman–Crippen MR) is 81.6 cm³/mol. The molecule has 0 bridgehead atoms. The lowest BCUT2D eigenvalue weighted by molar-refractivity contribution is -0.124. The van der Waals surface area contributed by atoms with Crippen molar-refractivity contribution in [2.24, 2.45) is 10.9 Å². The summed E-state index contributed by atoms with van der Waals surface area (Å²) in [4.78, 5) is 16.8. The standard InChI is InChI=1S/C16H23N3O/c1-5-16(13-8-6-12(4)7-9-13)14(20)18-15(19-16)17-10-11(2)3/h6-9,11H,5,10H2,1-4H3,(H2,17,18,19,20). The SMILES string of the molecule is CCC1(c2ccc(C)cc2)NC(=NCC(C)C)NC1=O. The smallest absolute Gasteiger partial charge is 0.257 e. The van der Waals surface area contributed by atoms with Crippen LogP contribution in [-0.4, -0.2) is 18.4 Å². The minimum Gasteiger partial charge on any atom is -0.338 e. The highest BCUT2D eigenvalue weighted by Crippen LogP contribution is 2.28. The number of carbonyl (C=O) groups is 1. The molecule has 20 heavy (non-hydrogen) atoms. The fourth-order valence-electron chi connectivity index (χ4n) is 2.35. The molecular formula is C16H23N3O. The lowest BCUT2D eigenvalue weighted by atomic mass is 9.87. The van der Waals surface area contributed by atoms with Crippen LogP contribution in [0.25, 0.3) is 0 Å². The van der Waals surface area contributed by atoms with Crippen LogP contribution in [0.2, 0.25) is 0 Å². The van der Waals surface area contributed by atoms with E-state index in [-0.39, 0.29) is 5.91 Å². The van der Waals surface area contributed by atoms with Gasteiger partial charge in [0.2, 0.25) is 0 Å². The maximum Gasteiger partial charge on any atom is 0.257 e. The van der Waals surface area contributed by atoms with Crippen molar-refractivity contribution in [1.29, 1.82) is 0 Å². The average Bonchev–Trinajstić information content (AvgIpc) is 2.75. The summed E-state index contributed by atoms with van der Waals surface area (Å²) in [5.41, 5.74) is 1.48. The number of aryl methyl sites for hydroxylation is 1. The molecule has 1 aromatic rings. The molecule has 2 rings (SSSR count). The van der Waals surface area contributed by atoms with E-state index in [9.17, 15) is 4.79 Å². The third kappa shape index (κ3) is 2.69. The van der Waals surface area contributed by atoms with E-state index in [0.29, 0.717) is 24.8 Å². The van der Waals surface area contributed by atoms with Crippen LogP contribution in [0.3, 0.4) is 0 Å². The number of rotatable bonds is 4. The van der Waals surface area contributed by atoms with Crippen molar-refractivity contribution in [3.63, 3.8) is 0 Å².